The molecule has 1 saturated heterocycles. The maximum absolute atomic E-state index is 12.8. The first-order chi connectivity index (χ1) is 16.5. The van der Waals surface area contributed by atoms with Crippen LogP contribution in [-0.2, 0) is 17.8 Å². The van der Waals surface area contributed by atoms with Gasteiger partial charge in [0, 0.05) is 62.6 Å². The molecule has 2 N–H and O–H groups in total. The molecule has 0 saturated carbocycles. The molecule has 2 aromatic heterocycles. The van der Waals surface area contributed by atoms with Gasteiger partial charge in [0.2, 0.25) is 11.8 Å². The Labute approximate surface area is 201 Å². The number of anilines is 1. The van der Waals surface area contributed by atoms with Gasteiger partial charge < -0.3 is 20.1 Å². The van der Waals surface area contributed by atoms with Gasteiger partial charge in [-0.3, -0.25) is 9.59 Å². The number of hydrogen-bond acceptors (Lipinski definition) is 4. The van der Waals surface area contributed by atoms with Crippen LogP contribution in [0.15, 0.2) is 48.8 Å². The summed E-state index contributed by atoms with van der Waals surface area (Å²) in [6, 6.07) is 12.1. The molecule has 4 rings (SSSR count). The topological polar surface area (TPSA) is 84.5 Å². The highest BCUT2D eigenvalue weighted by Crippen LogP contribution is 2.22. The number of amides is 2. The predicted octanol–water partition coefficient (Wildman–Crippen LogP) is 4.00. The van der Waals surface area contributed by atoms with Gasteiger partial charge in [0.05, 0.1) is 0 Å². The molecule has 0 unspecified atom stereocenters. The summed E-state index contributed by atoms with van der Waals surface area (Å²) in [5.41, 5.74) is 8.20. The first-order valence-electron chi connectivity index (χ1n) is 12.3. The minimum atomic E-state index is -0.417. The first kappa shape index (κ1) is 23.8. The Bertz CT molecular complexity index is 1130. The SMILES string of the molecule is CCc1ccc(N2CCC(N(C)C(=O)CCCCn3ccc4ccc(C(N)=O)cc43)CC2)nc1. The molecule has 1 aliphatic heterocycles. The van der Waals surface area contributed by atoms with E-state index >= 15 is 0 Å². The van der Waals surface area contributed by atoms with E-state index in [4.69, 9.17) is 5.73 Å². The highest BCUT2D eigenvalue weighted by atomic mass is 16.2. The number of aryl methyl sites for hydroxylation is 2. The summed E-state index contributed by atoms with van der Waals surface area (Å²) in [6.07, 6.45) is 9.23. The van der Waals surface area contributed by atoms with Crippen molar-refractivity contribution in [3.05, 3.63) is 59.9 Å². The zero-order valence-corrected chi connectivity index (χ0v) is 20.2. The van der Waals surface area contributed by atoms with E-state index in [0.717, 1.165) is 68.5 Å². The highest BCUT2D eigenvalue weighted by molar-refractivity contribution is 5.97. The fraction of sp³-hybridized carbons (Fsp3) is 0.444. The van der Waals surface area contributed by atoms with Crippen molar-refractivity contribution in [3.8, 4) is 0 Å². The number of nitrogens with zero attached hydrogens (tertiary/aromatic N) is 4. The molecule has 0 atom stereocenters. The maximum Gasteiger partial charge on any atom is 0.248 e. The van der Waals surface area contributed by atoms with E-state index in [0.29, 0.717) is 18.0 Å². The number of rotatable bonds is 9. The van der Waals surface area contributed by atoms with Crippen LogP contribution in [0.5, 0.6) is 0 Å². The van der Waals surface area contributed by atoms with Crippen LogP contribution in [0.25, 0.3) is 10.9 Å². The van der Waals surface area contributed by atoms with Crippen molar-refractivity contribution in [2.75, 3.05) is 25.0 Å². The number of primary amides is 1. The van der Waals surface area contributed by atoms with Crippen LogP contribution in [0.3, 0.4) is 0 Å². The van der Waals surface area contributed by atoms with E-state index < -0.39 is 5.91 Å². The molecule has 180 valence electrons. The summed E-state index contributed by atoms with van der Waals surface area (Å²) in [5, 5.41) is 1.09. The lowest BCUT2D eigenvalue weighted by atomic mass is 10.0. The van der Waals surface area contributed by atoms with Crippen LogP contribution >= 0.6 is 0 Å². The summed E-state index contributed by atoms with van der Waals surface area (Å²) < 4.78 is 2.13. The standard InChI is InChI=1S/C27H35N5O2/c1-3-20-7-10-25(29-19-20)32-16-12-23(13-17-32)30(2)26(33)6-4-5-14-31-15-11-21-8-9-22(27(28)34)18-24(21)31/h7-11,15,18-19,23H,3-6,12-14,16-17H2,1-2H3,(H2,28,34). The molecule has 2 amide bonds. The van der Waals surface area contributed by atoms with Crippen molar-refractivity contribution in [1.29, 1.82) is 0 Å². The van der Waals surface area contributed by atoms with Crippen LogP contribution in [0.1, 0.15) is 54.9 Å². The average molecular weight is 462 g/mol. The monoisotopic (exact) mass is 461 g/mol. The van der Waals surface area contributed by atoms with Gasteiger partial charge in [0.25, 0.3) is 0 Å². The number of carbonyl (C=O) groups is 2. The van der Waals surface area contributed by atoms with Crippen LogP contribution in [0.2, 0.25) is 0 Å². The Hall–Kier alpha value is -3.35. The Balaban J connectivity index is 1.22. The number of unbranched alkanes of at least 4 members (excludes halogenated alkanes) is 1. The van der Waals surface area contributed by atoms with Crippen molar-refractivity contribution in [2.24, 2.45) is 5.73 Å². The second-order valence-electron chi connectivity index (χ2n) is 9.21. The zero-order valence-electron chi connectivity index (χ0n) is 20.2. The summed E-state index contributed by atoms with van der Waals surface area (Å²) in [5.74, 6) is 0.835. The molecule has 3 heterocycles. The molecule has 34 heavy (non-hydrogen) atoms. The molecular weight excluding hydrogens is 426 g/mol. The fourth-order valence-corrected chi connectivity index (χ4v) is 4.77. The molecule has 0 spiro atoms. The van der Waals surface area contributed by atoms with Gasteiger partial charge in [0.1, 0.15) is 5.82 Å². The van der Waals surface area contributed by atoms with Crippen molar-refractivity contribution >= 4 is 28.5 Å². The number of benzene rings is 1. The average Bonchev–Trinajstić information content (AvgIpc) is 3.28. The highest BCUT2D eigenvalue weighted by Gasteiger charge is 2.25. The van der Waals surface area contributed by atoms with Gasteiger partial charge in [-0.25, -0.2) is 4.98 Å². The summed E-state index contributed by atoms with van der Waals surface area (Å²) in [7, 11) is 1.95. The fourth-order valence-electron chi connectivity index (χ4n) is 4.77. The van der Waals surface area contributed by atoms with E-state index in [2.05, 4.69) is 33.5 Å². The number of pyridine rings is 1. The Kier molecular flexibility index (Phi) is 7.50. The Morgan fingerprint density at radius 3 is 2.59 bits per heavy atom. The lowest BCUT2D eigenvalue weighted by molar-refractivity contribution is -0.132. The van der Waals surface area contributed by atoms with E-state index in [9.17, 15) is 9.59 Å². The molecule has 1 fully saturated rings. The molecular formula is C27H35N5O2. The van der Waals surface area contributed by atoms with Crippen LogP contribution in [0, 0.1) is 0 Å². The van der Waals surface area contributed by atoms with Crippen molar-refractivity contribution in [3.63, 3.8) is 0 Å². The smallest absolute Gasteiger partial charge is 0.248 e. The van der Waals surface area contributed by atoms with Crippen LogP contribution < -0.4 is 10.6 Å². The minimum absolute atomic E-state index is 0.220. The van der Waals surface area contributed by atoms with Crippen LogP contribution in [-0.4, -0.2) is 52.4 Å². The van der Waals surface area contributed by atoms with E-state index in [1.807, 2.05) is 42.5 Å². The second kappa shape index (κ2) is 10.7. The van der Waals surface area contributed by atoms with Crippen molar-refractivity contribution in [1.82, 2.24) is 14.5 Å². The molecule has 0 aliphatic carbocycles. The third-order valence-corrected chi connectivity index (χ3v) is 7.05. The third-order valence-electron chi connectivity index (χ3n) is 7.05. The Morgan fingerprint density at radius 1 is 1.12 bits per heavy atom. The van der Waals surface area contributed by atoms with Gasteiger partial charge in [-0.1, -0.05) is 19.1 Å². The number of fused-ring (bicyclic) bond motifs is 1. The molecule has 7 heteroatoms. The zero-order chi connectivity index (χ0) is 24.1. The molecule has 0 radical (unpaired) electrons. The van der Waals surface area contributed by atoms with Gasteiger partial charge >= 0.3 is 0 Å². The first-order valence-corrected chi connectivity index (χ1v) is 12.3. The number of aromatic nitrogens is 2. The molecule has 1 aromatic carbocycles. The number of hydrogen-bond donors (Lipinski definition) is 1. The number of piperidine rings is 1. The van der Waals surface area contributed by atoms with Crippen molar-refractivity contribution in [2.45, 2.75) is 58.0 Å². The molecule has 1 aliphatic rings. The van der Waals surface area contributed by atoms with Gasteiger partial charge in [-0.05, 0) is 67.3 Å². The normalized spacial score (nSPS) is 14.5. The third kappa shape index (κ3) is 5.41. The molecule has 0 bridgehead atoms. The lowest BCUT2D eigenvalue weighted by Crippen LogP contribution is -2.45. The van der Waals surface area contributed by atoms with E-state index in [1.54, 1.807) is 6.07 Å². The largest absolute Gasteiger partial charge is 0.366 e. The molecule has 7 nitrogen and oxygen atoms in total. The summed E-state index contributed by atoms with van der Waals surface area (Å²) in [6.45, 7) is 4.80. The van der Waals surface area contributed by atoms with Gasteiger partial charge in [0.15, 0.2) is 0 Å². The van der Waals surface area contributed by atoms with Crippen molar-refractivity contribution < 1.29 is 9.59 Å². The quantitative estimate of drug-likeness (QED) is 0.488. The summed E-state index contributed by atoms with van der Waals surface area (Å²) in [4.78, 5) is 33.2. The lowest BCUT2D eigenvalue weighted by Gasteiger charge is -2.37. The minimum Gasteiger partial charge on any atom is -0.366 e. The number of carbonyl (C=O) groups excluding carboxylic acids is 2. The van der Waals surface area contributed by atoms with Crippen LogP contribution in [0.4, 0.5) is 5.82 Å². The Morgan fingerprint density at radius 2 is 1.91 bits per heavy atom. The van der Waals surface area contributed by atoms with Gasteiger partial charge in [-0.15, -0.1) is 0 Å². The van der Waals surface area contributed by atoms with E-state index in [1.165, 1.54) is 5.56 Å². The predicted molar refractivity (Wildman–Crippen MR) is 136 cm³/mol. The molecule has 3 aromatic rings. The van der Waals surface area contributed by atoms with Gasteiger partial charge in [-0.2, -0.15) is 0 Å². The van der Waals surface area contributed by atoms with E-state index in [-0.39, 0.29) is 5.91 Å². The summed E-state index contributed by atoms with van der Waals surface area (Å²) >= 11 is 0. The second-order valence-corrected chi connectivity index (χ2v) is 9.21. The maximum atomic E-state index is 12.8. The number of nitrogens with two attached hydrogens (primary N) is 1.